The highest BCUT2D eigenvalue weighted by atomic mass is 35.5. The Morgan fingerprint density at radius 1 is 1.25 bits per heavy atom. The molecular weight excluding hydrogens is 222 g/mol. The number of halogens is 1. The first-order valence-corrected chi connectivity index (χ1v) is 5.40. The van der Waals surface area contributed by atoms with E-state index in [0.717, 1.165) is 22.6 Å². The van der Waals surface area contributed by atoms with Crippen LogP contribution in [0.4, 0.5) is 0 Å². The van der Waals surface area contributed by atoms with Crippen LogP contribution in [0.2, 0.25) is 5.02 Å². The predicted octanol–water partition coefficient (Wildman–Crippen LogP) is 2.37. The molecule has 1 heterocycles. The maximum atomic E-state index is 6.07. The van der Waals surface area contributed by atoms with Gasteiger partial charge in [-0.05, 0) is 35.7 Å². The Balaban J connectivity index is 2.11. The third-order valence-electron chi connectivity index (χ3n) is 2.38. The highest BCUT2D eigenvalue weighted by Gasteiger charge is 2.07. The molecule has 2 aromatic rings. The van der Waals surface area contributed by atoms with Crippen LogP contribution < -0.4 is 5.73 Å². The smallest absolute Gasteiger partial charge is 0.0544 e. The van der Waals surface area contributed by atoms with Gasteiger partial charge in [0.05, 0.1) is 6.20 Å². The summed E-state index contributed by atoms with van der Waals surface area (Å²) < 4.78 is 0. The summed E-state index contributed by atoms with van der Waals surface area (Å²) in [5, 5.41) is 8.26. The Kier molecular flexibility index (Phi) is 3.49. The second kappa shape index (κ2) is 5.05. The quantitative estimate of drug-likeness (QED) is 0.886. The molecule has 0 aliphatic rings. The first-order valence-electron chi connectivity index (χ1n) is 5.02. The van der Waals surface area contributed by atoms with Crippen molar-refractivity contribution in [3.8, 4) is 0 Å². The van der Waals surface area contributed by atoms with E-state index in [1.807, 2.05) is 30.3 Å². The summed E-state index contributed by atoms with van der Waals surface area (Å²) in [5.74, 6) is 0. The van der Waals surface area contributed by atoms with Crippen molar-refractivity contribution in [3.63, 3.8) is 0 Å². The number of hydrogen-bond donors (Lipinski definition) is 1. The maximum absolute atomic E-state index is 6.07. The van der Waals surface area contributed by atoms with Gasteiger partial charge in [0.2, 0.25) is 0 Å². The van der Waals surface area contributed by atoms with Crippen molar-refractivity contribution in [2.45, 2.75) is 12.5 Å². The Morgan fingerprint density at radius 2 is 2.12 bits per heavy atom. The van der Waals surface area contributed by atoms with Crippen molar-refractivity contribution in [1.29, 1.82) is 0 Å². The molecule has 3 nitrogen and oxygen atoms in total. The van der Waals surface area contributed by atoms with Crippen molar-refractivity contribution >= 4 is 11.6 Å². The van der Waals surface area contributed by atoms with Gasteiger partial charge in [-0.15, -0.1) is 0 Å². The number of hydrogen-bond acceptors (Lipinski definition) is 3. The molecule has 2 rings (SSSR count). The van der Waals surface area contributed by atoms with Crippen LogP contribution in [-0.2, 0) is 6.42 Å². The van der Waals surface area contributed by atoms with Crippen LogP contribution in [0.15, 0.2) is 42.7 Å². The van der Waals surface area contributed by atoms with E-state index < -0.39 is 0 Å². The molecule has 1 aromatic carbocycles. The van der Waals surface area contributed by atoms with E-state index in [4.69, 9.17) is 17.3 Å². The van der Waals surface area contributed by atoms with Crippen LogP contribution in [0.25, 0.3) is 0 Å². The minimum atomic E-state index is -0.0750. The van der Waals surface area contributed by atoms with E-state index >= 15 is 0 Å². The van der Waals surface area contributed by atoms with Gasteiger partial charge in [-0.3, -0.25) is 0 Å². The molecule has 0 fully saturated rings. The molecule has 1 unspecified atom stereocenters. The van der Waals surface area contributed by atoms with Crippen molar-refractivity contribution in [2.24, 2.45) is 5.73 Å². The topological polar surface area (TPSA) is 51.8 Å². The summed E-state index contributed by atoms with van der Waals surface area (Å²) in [5.41, 5.74) is 8.17. The van der Waals surface area contributed by atoms with Gasteiger partial charge >= 0.3 is 0 Å². The number of nitrogens with zero attached hydrogens (tertiary/aromatic N) is 2. The Hall–Kier alpha value is -1.45. The van der Waals surface area contributed by atoms with E-state index in [9.17, 15) is 0 Å². The van der Waals surface area contributed by atoms with Crippen LogP contribution in [0, 0.1) is 0 Å². The molecule has 0 radical (unpaired) electrons. The highest BCUT2D eigenvalue weighted by molar-refractivity contribution is 6.30. The standard InChI is InChI=1S/C12H12ClN3/c13-11-3-1-2-9(6-11)7-12(14)10-4-5-15-16-8-10/h1-6,8,12H,7,14H2. The van der Waals surface area contributed by atoms with Gasteiger partial charge in [-0.1, -0.05) is 23.7 Å². The lowest BCUT2D eigenvalue weighted by Crippen LogP contribution is -2.13. The lowest BCUT2D eigenvalue weighted by Gasteiger charge is -2.11. The SMILES string of the molecule is NC(Cc1cccc(Cl)c1)c1ccnnc1. The van der Waals surface area contributed by atoms with Gasteiger partial charge in [0, 0.05) is 17.3 Å². The maximum Gasteiger partial charge on any atom is 0.0544 e. The van der Waals surface area contributed by atoms with Crippen molar-refractivity contribution in [3.05, 3.63) is 58.9 Å². The zero-order valence-electron chi connectivity index (χ0n) is 8.68. The largest absolute Gasteiger partial charge is 0.324 e. The monoisotopic (exact) mass is 233 g/mol. The van der Waals surface area contributed by atoms with Crippen molar-refractivity contribution in [2.75, 3.05) is 0 Å². The molecule has 1 atom stereocenters. The predicted molar refractivity (Wildman–Crippen MR) is 64.1 cm³/mol. The number of aromatic nitrogens is 2. The van der Waals surface area contributed by atoms with Crippen molar-refractivity contribution in [1.82, 2.24) is 10.2 Å². The van der Waals surface area contributed by atoms with Gasteiger partial charge in [-0.2, -0.15) is 10.2 Å². The minimum absolute atomic E-state index is 0.0750. The summed E-state index contributed by atoms with van der Waals surface area (Å²) >= 11 is 5.91. The normalized spacial score (nSPS) is 12.4. The second-order valence-electron chi connectivity index (χ2n) is 3.62. The second-order valence-corrected chi connectivity index (χ2v) is 4.05. The van der Waals surface area contributed by atoms with Crippen LogP contribution in [0.1, 0.15) is 17.2 Å². The summed E-state index contributed by atoms with van der Waals surface area (Å²) in [4.78, 5) is 0. The fourth-order valence-electron chi connectivity index (χ4n) is 1.56. The van der Waals surface area contributed by atoms with E-state index in [2.05, 4.69) is 10.2 Å². The molecule has 0 spiro atoms. The fraction of sp³-hybridized carbons (Fsp3) is 0.167. The summed E-state index contributed by atoms with van der Waals surface area (Å²) in [7, 11) is 0. The lowest BCUT2D eigenvalue weighted by molar-refractivity contribution is 0.713. The van der Waals surface area contributed by atoms with E-state index in [1.54, 1.807) is 12.4 Å². The lowest BCUT2D eigenvalue weighted by atomic mass is 10.0. The Morgan fingerprint density at radius 3 is 2.81 bits per heavy atom. The number of nitrogens with two attached hydrogens (primary N) is 1. The first-order chi connectivity index (χ1) is 7.75. The van der Waals surface area contributed by atoms with Crippen LogP contribution in [0.3, 0.4) is 0 Å². The summed E-state index contributed by atoms with van der Waals surface area (Å²) in [6, 6.07) is 9.52. The molecule has 2 N–H and O–H groups in total. The van der Waals surface area contributed by atoms with Gasteiger partial charge in [0.25, 0.3) is 0 Å². The molecule has 4 heteroatoms. The fourth-order valence-corrected chi connectivity index (χ4v) is 1.77. The van der Waals surface area contributed by atoms with E-state index in [1.165, 1.54) is 0 Å². The first kappa shape index (κ1) is 11.0. The average Bonchev–Trinajstić information content (AvgIpc) is 2.30. The van der Waals surface area contributed by atoms with Gasteiger partial charge in [0.15, 0.2) is 0 Å². The summed E-state index contributed by atoms with van der Waals surface area (Å²) in [6.07, 6.45) is 4.08. The van der Waals surface area contributed by atoms with E-state index in [-0.39, 0.29) is 6.04 Å². The Labute approximate surface area is 99.3 Å². The number of rotatable bonds is 3. The third kappa shape index (κ3) is 2.78. The molecule has 0 aliphatic carbocycles. The highest BCUT2D eigenvalue weighted by Crippen LogP contribution is 2.17. The average molecular weight is 234 g/mol. The molecule has 0 amide bonds. The molecule has 16 heavy (non-hydrogen) atoms. The van der Waals surface area contributed by atoms with E-state index in [0.29, 0.717) is 0 Å². The van der Waals surface area contributed by atoms with Gasteiger partial charge < -0.3 is 5.73 Å². The van der Waals surface area contributed by atoms with Gasteiger partial charge in [0.1, 0.15) is 0 Å². The molecule has 0 saturated carbocycles. The molecule has 82 valence electrons. The molecule has 0 saturated heterocycles. The zero-order chi connectivity index (χ0) is 11.4. The van der Waals surface area contributed by atoms with Crippen molar-refractivity contribution < 1.29 is 0 Å². The molecule has 0 bridgehead atoms. The van der Waals surface area contributed by atoms with Gasteiger partial charge in [-0.25, -0.2) is 0 Å². The van der Waals surface area contributed by atoms with Crippen LogP contribution >= 0.6 is 11.6 Å². The Bertz CT molecular complexity index is 459. The molecule has 1 aromatic heterocycles. The number of benzene rings is 1. The molecular formula is C12H12ClN3. The molecule has 0 aliphatic heterocycles. The van der Waals surface area contributed by atoms with Crippen LogP contribution in [0.5, 0.6) is 0 Å². The minimum Gasteiger partial charge on any atom is -0.324 e. The third-order valence-corrected chi connectivity index (χ3v) is 2.62. The van der Waals surface area contributed by atoms with Crippen LogP contribution in [-0.4, -0.2) is 10.2 Å². The zero-order valence-corrected chi connectivity index (χ0v) is 9.43. The summed E-state index contributed by atoms with van der Waals surface area (Å²) in [6.45, 7) is 0.